The summed E-state index contributed by atoms with van der Waals surface area (Å²) in [5, 5.41) is 3.39. The van der Waals surface area contributed by atoms with Crippen LogP contribution in [0.5, 0.6) is 11.5 Å². The summed E-state index contributed by atoms with van der Waals surface area (Å²) in [5.41, 5.74) is 1.90. The molecule has 0 heterocycles. The second kappa shape index (κ2) is 7.57. The number of aryl methyl sites for hydroxylation is 1. The molecule has 0 aliphatic carbocycles. The van der Waals surface area contributed by atoms with Crippen LogP contribution in [0.2, 0.25) is 5.02 Å². The van der Waals surface area contributed by atoms with Crippen LogP contribution in [0.15, 0.2) is 36.4 Å². The normalized spacial score (nSPS) is 9.83. The number of methoxy groups -OCH3 is 1. The van der Waals surface area contributed by atoms with Gasteiger partial charge in [0, 0.05) is 16.7 Å². The second-order valence-electron chi connectivity index (χ2n) is 4.77. The summed E-state index contributed by atoms with van der Waals surface area (Å²) in [7, 11) is 1.52. The number of benzene rings is 2. The van der Waals surface area contributed by atoms with Crippen LogP contribution < -0.4 is 14.8 Å². The minimum Gasteiger partial charge on any atom is -0.495 e. The molecule has 0 fully saturated rings. The van der Waals surface area contributed by atoms with Crippen LogP contribution in [0.25, 0.3) is 0 Å². The van der Waals surface area contributed by atoms with E-state index in [-0.39, 0.29) is 12.5 Å². The molecule has 2 aromatic carbocycles. The van der Waals surface area contributed by atoms with Gasteiger partial charge in [-0.2, -0.15) is 0 Å². The standard InChI is InChI=1S/C18H16ClNO3/c1-4-9-23-14-7-5-13(6-8-14)18(21)20-16-10-12(2)15(19)11-17(16)22-3/h1,5-8,10-11H,9H2,2-3H3,(H,20,21). The van der Waals surface area contributed by atoms with E-state index in [1.165, 1.54) is 7.11 Å². The number of rotatable bonds is 5. The summed E-state index contributed by atoms with van der Waals surface area (Å²) < 4.78 is 10.5. The van der Waals surface area contributed by atoms with Crippen LogP contribution in [0.3, 0.4) is 0 Å². The Hall–Kier alpha value is -2.64. The molecule has 0 spiro atoms. The first-order chi connectivity index (χ1) is 11.0. The monoisotopic (exact) mass is 329 g/mol. The Morgan fingerprint density at radius 1 is 1.30 bits per heavy atom. The highest BCUT2D eigenvalue weighted by atomic mass is 35.5. The summed E-state index contributed by atoms with van der Waals surface area (Å²) in [6.07, 6.45) is 5.13. The van der Waals surface area contributed by atoms with E-state index >= 15 is 0 Å². The van der Waals surface area contributed by atoms with Crippen molar-refractivity contribution in [1.29, 1.82) is 0 Å². The van der Waals surface area contributed by atoms with Crippen molar-refractivity contribution in [2.24, 2.45) is 0 Å². The summed E-state index contributed by atoms with van der Waals surface area (Å²) in [6.45, 7) is 2.04. The number of ether oxygens (including phenoxy) is 2. The number of anilines is 1. The van der Waals surface area contributed by atoms with Crippen LogP contribution in [-0.2, 0) is 0 Å². The Morgan fingerprint density at radius 2 is 2.00 bits per heavy atom. The SMILES string of the molecule is C#CCOc1ccc(C(=O)Nc2cc(C)c(Cl)cc2OC)cc1. The van der Waals surface area contributed by atoms with Crippen LogP contribution in [0, 0.1) is 19.3 Å². The minimum absolute atomic E-state index is 0.187. The molecule has 5 heteroatoms. The molecule has 2 rings (SSSR count). The number of terminal acetylenes is 1. The van der Waals surface area contributed by atoms with Gasteiger partial charge in [0.15, 0.2) is 0 Å². The van der Waals surface area contributed by atoms with Crippen LogP contribution in [0.4, 0.5) is 5.69 Å². The highest BCUT2D eigenvalue weighted by Gasteiger charge is 2.12. The van der Waals surface area contributed by atoms with Gasteiger partial charge in [0.1, 0.15) is 18.1 Å². The third-order valence-electron chi connectivity index (χ3n) is 3.17. The van der Waals surface area contributed by atoms with E-state index in [1.807, 2.05) is 6.92 Å². The molecule has 0 bridgehead atoms. The molecule has 0 saturated carbocycles. The van der Waals surface area contributed by atoms with E-state index in [1.54, 1.807) is 36.4 Å². The molecule has 4 nitrogen and oxygen atoms in total. The first-order valence-corrected chi connectivity index (χ1v) is 7.24. The first kappa shape index (κ1) is 16.7. The van der Waals surface area contributed by atoms with E-state index in [4.69, 9.17) is 27.5 Å². The number of hydrogen-bond donors (Lipinski definition) is 1. The van der Waals surface area contributed by atoms with Gasteiger partial charge in [-0.1, -0.05) is 17.5 Å². The largest absolute Gasteiger partial charge is 0.495 e. The Bertz CT molecular complexity index is 748. The average Bonchev–Trinajstić information content (AvgIpc) is 2.56. The molecule has 0 unspecified atom stereocenters. The van der Waals surface area contributed by atoms with Crippen molar-refractivity contribution < 1.29 is 14.3 Å². The van der Waals surface area contributed by atoms with Gasteiger partial charge in [0.2, 0.25) is 0 Å². The molecule has 118 valence electrons. The third kappa shape index (κ3) is 4.18. The number of nitrogens with one attached hydrogen (secondary N) is 1. The maximum absolute atomic E-state index is 12.3. The minimum atomic E-state index is -0.256. The molecule has 1 amide bonds. The van der Waals surface area contributed by atoms with Crippen molar-refractivity contribution >= 4 is 23.2 Å². The van der Waals surface area contributed by atoms with Gasteiger partial charge in [0.25, 0.3) is 5.91 Å². The number of carbonyl (C=O) groups excluding carboxylic acids is 1. The predicted octanol–water partition coefficient (Wildman–Crippen LogP) is 3.92. The lowest BCUT2D eigenvalue weighted by molar-refractivity contribution is 0.102. The smallest absolute Gasteiger partial charge is 0.255 e. The van der Waals surface area contributed by atoms with Crippen molar-refractivity contribution in [3.63, 3.8) is 0 Å². The lowest BCUT2D eigenvalue weighted by atomic mass is 10.1. The molecular weight excluding hydrogens is 314 g/mol. The van der Waals surface area contributed by atoms with Gasteiger partial charge in [-0.15, -0.1) is 6.42 Å². The lowest BCUT2D eigenvalue weighted by Crippen LogP contribution is -2.12. The van der Waals surface area contributed by atoms with E-state index in [0.717, 1.165) is 5.56 Å². The molecule has 2 aromatic rings. The number of hydrogen-bond acceptors (Lipinski definition) is 3. The zero-order valence-corrected chi connectivity index (χ0v) is 13.6. The van der Waals surface area contributed by atoms with Gasteiger partial charge in [-0.25, -0.2) is 0 Å². The first-order valence-electron chi connectivity index (χ1n) is 6.87. The maximum Gasteiger partial charge on any atom is 0.255 e. The second-order valence-corrected chi connectivity index (χ2v) is 5.18. The van der Waals surface area contributed by atoms with Gasteiger partial charge in [-0.3, -0.25) is 4.79 Å². The lowest BCUT2D eigenvalue weighted by Gasteiger charge is -2.12. The quantitative estimate of drug-likeness (QED) is 0.846. The van der Waals surface area contributed by atoms with Crippen molar-refractivity contribution in [3.05, 3.63) is 52.5 Å². The number of carbonyl (C=O) groups is 1. The topological polar surface area (TPSA) is 47.6 Å². The Labute approximate surface area is 140 Å². The van der Waals surface area contributed by atoms with E-state index in [9.17, 15) is 4.79 Å². The van der Waals surface area contributed by atoms with Crippen molar-refractivity contribution in [2.45, 2.75) is 6.92 Å². The van der Waals surface area contributed by atoms with Gasteiger partial charge >= 0.3 is 0 Å². The summed E-state index contributed by atoms with van der Waals surface area (Å²) in [5.74, 6) is 3.24. The fraction of sp³-hybridized carbons (Fsp3) is 0.167. The third-order valence-corrected chi connectivity index (χ3v) is 3.57. The fourth-order valence-electron chi connectivity index (χ4n) is 1.95. The highest BCUT2D eigenvalue weighted by molar-refractivity contribution is 6.31. The average molecular weight is 330 g/mol. The molecule has 1 N–H and O–H groups in total. The van der Waals surface area contributed by atoms with Crippen molar-refractivity contribution in [1.82, 2.24) is 0 Å². The zero-order chi connectivity index (χ0) is 16.8. The molecule has 0 aromatic heterocycles. The maximum atomic E-state index is 12.3. The van der Waals surface area contributed by atoms with E-state index in [2.05, 4.69) is 11.2 Å². The Kier molecular flexibility index (Phi) is 5.51. The zero-order valence-electron chi connectivity index (χ0n) is 12.9. The molecule has 0 saturated heterocycles. The van der Waals surface area contributed by atoms with E-state index in [0.29, 0.717) is 27.8 Å². The van der Waals surface area contributed by atoms with E-state index < -0.39 is 0 Å². The van der Waals surface area contributed by atoms with Gasteiger partial charge in [-0.05, 0) is 42.8 Å². The van der Waals surface area contributed by atoms with Crippen LogP contribution >= 0.6 is 11.6 Å². The van der Waals surface area contributed by atoms with Crippen LogP contribution in [-0.4, -0.2) is 19.6 Å². The Morgan fingerprint density at radius 3 is 2.61 bits per heavy atom. The molecule has 0 atom stereocenters. The summed E-state index contributed by atoms with van der Waals surface area (Å²) >= 11 is 6.06. The molecule has 0 aliphatic rings. The highest BCUT2D eigenvalue weighted by Crippen LogP contribution is 2.31. The predicted molar refractivity (Wildman–Crippen MR) is 91.5 cm³/mol. The Balaban J connectivity index is 2.16. The molecule has 0 aliphatic heterocycles. The molecule has 0 radical (unpaired) electrons. The van der Waals surface area contributed by atoms with Crippen molar-refractivity contribution in [3.8, 4) is 23.8 Å². The fourth-order valence-corrected chi connectivity index (χ4v) is 2.11. The number of halogens is 1. The van der Waals surface area contributed by atoms with Crippen LogP contribution in [0.1, 0.15) is 15.9 Å². The van der Waals surface area contributed by atoms with Gasteiger partial charge in [0.05, 0.1) is 12.8 Å². The number of amides is 1. The van der Waals surface area contributed by atoms with Crippen molar-refractivity contribution in [2.75, 3.05) is 19.0 Å². The summed E-state index contributed by atoms with van der Waals surface area (Å²) in [6, 6.07) is 10.1. The molecular formula is C18H16ClNO3. The molecule has 23 heavy (non-hydrogen) atoms. The summed E-state index contributed by atoms with van der Waals surface area (Å²) in [4.78, 5) is 12.3. The van der Waals surface area contributed by atoms with Gasteiger partial charge < -0.3 is 14.8 Å².